The molecule has 2 N–H and O–H groups in total. The van der Waals surface area contributed by atoms with Gasteiger partial charge in [0.05, 0.1) is 11.4 Å². The van der Waals surface area contributed by atoms with E-state index in [0.29, 0.717) is 45.4 Å². The Balaban J connectivity index is 1.58. The minimum Gasteiger partial charge on any atom is -0.267 e. The SMILES string of the molecule is Cc1ccc(C(=O)N/N=C(/CC/C(=N/NC(=O)c2ccc(C)cc2)c2ccc(Cl)cc2)c2ccc(Cl)cc2)cc1. The van der Waals surface area contributed by atoms with Gasteiger partial charge in [0, 0.05) is 21.2 Å². The normalized spacial score (nSPS) is 11.7. The lowest BCUT2D eigenvalue weighted by molar-refractivity contribution is 0.0946. The van der Waals surface area contributed by atoms with E-state index in [-0.39, 0.29) is 11.8 Å². The van der Waals surface area contributed by atoms with Crippen LogP contribution in [0, 0.1) is 13.8 Å². The van der Waals surface area contributed by atoms with Crippen LogP contribution in [-0.2, 0) is 0 Å². The van der Waals surface area contributed by atoms with E-state index in [1.807, 2.05) is 62.4 Å². The van der Waals surface area contributed by atoms with Crippen molar-refractivity contribution in [3.05, 3.63) is 140 Å². The second-order valence-electron chi connectivity index (χ2n) is 9.24. The molecule has 0 unspecified atom stereocenters. The maximum absolute atomic E-state index is 12.7. The van der Waals surface area contributed by atoms with Crippen molar-refractivity contribution in [3.8, 4) is 0 Å². The molecule has 202 valence electrons. The van der Waals surface area contributed by atoms with Crippen molar-refractivity contribution in [3.63, 3.8) is 0 Å². The second-order valence-corrected chi connectivity index (χ2v) is 10.1. The number of hydrazone groups is 2. The molecule has 0 saturated carbocycles. The molecule has 6 nitrogen and oxygen atoms in total. The lowest BCUT2D eigenvalue weighted by Gasteiger charge is -2.11. The first-order valence-corrected chi connectivity index (χ1v) is 13.4. The Morgan fingerprint density at radius 2 is 0.825 bits per heavy atom. The number of rotatable bonds is 9. The second kappa shape index (κ2) is 13.7. The van der Waals surface area contributed by atoms with Crippen LogP contribution >= 0.6 is 23.2 Å². The van der Waals surface area contributed by atoms with Crippen LogP contribution in [0.1, 0.15) is 55.8 Å². The molecule has 4 aromatic rings. The molecule has 0 aliphatic rings. The molecule has 0 aliphatic heterocycles. The van der Waals surface area contributed by atoms with E-state index in [1.165, 1.54) is 0 Å². The van der Waals surface area contributed by atoms with E-state index in [2.05, 4.69) is 21.1 Å². The van der Waals surface area contributed by atoms with Gasteiger partial charge in [-0.3, -0.25) is 9.59 Å². The summed E-state index contributed by atoms with van der Waals surface area (Å²) in [5.41, 5.74) is 11.3. The number of amides is 2. The number of halogens is 2. The van der Waals surface area contributed by atoms with E-state index in [4.69, 9.17) is 23.2 Å². The summed E-state index contributed by atoms with van der Waals surface area (Å²) in [6, 6.07) is 29.0. The first-order chi connectivity index (χ1) is 19.3. The van der Waals surface area contributed by atoms with Crippen LogP contribution in [0.15, 0.2) is 107 Å². The smallest absolute Gasteiger partial charge is 0.267 e. The molecule has 4 aromatic carbocycles. The predicted octanol–water partition coefficient (Wildman–Crippen LogP) is 7.36. The summed E-state index contributed by atoms with van der Waals surface area (Å²) in [6.07, 6.45) is 0.829. The minimum atomic E-state index is -0.316. The topological polar surface area (TPSA) is 82.9 Å². The molecule has 4 rings (SSSR count). The average Bonchev–Trinajstić information content (AvgIpc) is 2.96. The first kappa shape index (κ1) is 28.7. The number of hydrogen-bond donors (Lipinski definition) is 2. The number of carbonyl (C=O) groups is 2. The number of carbonyl (C=O) groups excluding carboxylic acids is 2. The lowest BCUT2D eigenvalue weighted by Crippen LogP contribution is -2.22. The molecule has 0 bridgehead atoms. The molecular formula is C32H28Cl2N4O2. The largest absolute Gasteiger partial charge is 0.271 e. The Morgan fingerprint density at radius 1 is 0.525 bits per heavy atom. The molecular weight excluding hydrogens is 543 g/mol. The molecule has 0 aliphatic carbocycles. The number of nitrogens with zero attached hydrogens (tertiary/aromatic N) is 2. The Labute approximate surface area is 243 Å². The summed E-state index contributed by atoms with van der Waals surface area (Å²) in [5.74, 6) is -0.633. The van der Waals surface area contributed by atoms with E-state index in [0.717, 1.165) is 22.3 Å². The van der Waals surface area contributed by atoms with Crippen molar-refractivity contribution in [1.29, 1.82) is 0 Å². The summed E-state index contributed by atoms with van der Waals surface area (Å²) in [4.78, 5) is 25.5. The van der Waals surface area contributed by atoms with Crippen LogP contribution in [0.3, 0.4) is 0 Å². The van der Waals surface area contributed by atoms with Gasteiger partial charge < -0.3 is 0 Å². The highest BCUT2D eigenvalue weighted by atomic mass is 35.5. The maximum atomic E-state index is 12.7. The minimum absolute atomic E-state index is 0.316. The van der Waals surface area contributed by atoms with Gasteiger partial charge in [-0.15, -0.1) is 0 Å². The summed E-state index contributed by atoms with van der Waals surface area (Å²) < 4.78 is 0. The fourth-order valence-electron chi connectivity index (χ4n) is 3.83. The standard InChI is InChI=1S/C32H28Cl2N4O2/c1-21-3-7-25(8-4-21)31(39)37-35-29(23-11-15-27(33)16-12-23)19-20-30(24-13-17-28(34)18-14-24)36-38-32(40)26-9-5-22(2)6-10-26/h3-18H,19-20H2,1-2H3,(H,37,39)(H,38,40)/b35-29-,36-30-. The Morgan fingerprint density at radius 3 is 1.15 bits per heavy atom. The molecule has 2 amide bonds. The van der Waals surface area contributed by atoms with Crippen LogP contribution in [0.2, 0.25) is 10.0 Å². The van der Waals surface area contributed by atoms with E-state index in [9.17, 15) is 9.59 Å². The Kier molecular flexibility index (Phi) is 9.84. The third-order valence-electron chi connectivity index (χ3n) is 6.17. The summed E-state index contributed by atoms with van der Waals surface area (Å²) >= 11 is 12.2. The zero-order valence-corrected chi connectivity index (χ0v) is 23.6. The number of hydrogen-bond acceptors (Lipinski definition) is 4. The van der Waals surface area contributed by atoms with Gasteiger partial charge in [-0.05, 0) is 86.3 Å². The Hall–Kier alpha value is -4.26. The van der Waals surface area contributed by atoms with Gasteiger partial charge in [0.1, 0.15) is 0 Å². The molecule has 0 spiro atoms. The van der Waals surface area contributed by atoms with E-state index in [1.54, 1.807) is 48.5 Å². The summed E-state index contributed by atoms with van der Waals surface area (Å²) in [7, 11) is 0. The van der Waals surface area contributed by atoms with Crippen molar-refractivity contribution in [1.82, 2.24) is 10.9 Å². The molecule has 0 fully saturated rings. The van der Waals surface area contributed by atoms with Crippen molar-refractivity contribution >= 4 is 46.4 Å². The third kappa shape index (κ3) is 8.12. The van der Waals surface area contributed by atoms with Gasteiger partial charge in [-0.1, -0.05) is 82.9 Å². The van der Waals surface area contributed by atoms with Gasteiger partial charge in [-0.25, -0.2) is 10.9 Å². The molecule has 0 saturated heterocycles. The number of benzene rings is 4. The van der Waals surface area contributed by atoms with Crippen LogP contribution < -0.4 is 10.9 Å². The zero-order chi connectivity index (χ0) is 28.5. The van der Waals surface area contributed by atoms with Gasteiger partial charge in [0.2, 0.25) is 0 Å². The van der Waals surface area contributed by atoms with Crippen LogP contribution in [0.25, 0.3) is 0 Å². The van der Waals surface area contributed by atoms with Crippen molar-refractivity contribution < 1.29 is 9.59 Å². The highest BCUT2D eigenvalue weighted by molar-refractivity contribution is 6.31. The number of nitrogens with one attached hydrogen (secondary N) is 2. The highest BCUT2D eigenvalue weighted by Gasteiger charge is 2.13. The van der Waals surface area contributed by atoms with Crippen LogP contribution in [0.5, 0.6) is 0 Å². The van der Waals surface area contributed by atoms with Gasteiger partial charge >= 0.3 is 0 Å². The molecule has 8 heteroatoms. The zero-order valence-electron chi connectivity index (χ0n) is 22.1. The molecule has 0 atom stereocenters. The van der Waals surface area contributed by atoms with E-state index < -0.39 is 0 Å². The number of aryl methyl sites for hydroxylation is 2. The van der Waals surface area contributed by atoms with Crippen LogP contribution in [0.4, 0.5) is 0 Å². The lowest BCUT2D eigenvalue weighted by atomic mass is 10.0. The molecule has 40 heavy (non-hydrogen) atoms. The van der Waals surface area contributed by atoms with Crippen LogP contribution in [-0.4, -0.2) is 23.2 Å². The summed E-state index contributed by atoms with van der Waals surface area (Å²) in [6.45, 7) is 3.92. The molecule has 0 aromatic heterocycles. The summed E-state index contributed by atoms with van der Waals surface area (Å²) in [5, 5.41) is 10.1. The fourth-order valence-corrected chi connectivity index (χ4v) is 4.08. The van der Waals surface area contributed by atoms with Crippen molar-refractivity contribution in [2.75, 3.05) is 0 Å². The van der Waals surface area contributed by atoms with E-state index >= 15 is 0 Å². The quantitative estimate of drug-likeness (QED) is 0.163. The molecule has 0 heterocycles. The Bertz CT molecular complexity index is 1410. The average molecular weight is 572 g/mol. The van der Waals surface area contributed by atoms with Gasteiger partial charge in [0.25, 0.3) is 11.8 Å². The van der Waals surface area contributed by atoms with Crippen molar-refractivity contribution in [2.45, 2.75) is 26.7 Å². The first-order valence-electron chi connectivity index (χ1n) is 12.7. The predicted molar refractivity (Wildman–Crippen MR) is 163 cm³/mol. The maximum Gasteiger partial charge on any atom is 0.271 e. The third-order valence-corrected chi connectivity index (χ3v) is 6.67. The van der Waals surface area contributed by atoms with Gasteiger partial charge in [0.15, 0.2) is 0 Å². The molecule has 0 radical (unpaired) electrons. The van der Waals surface area contributed by atoms with Gasteiger partial charge in [-0.2, -0.15) is 10.2 Å². The monoisotopic (exact) mass is 570 g/mol. The van der Waals surface area contributed by atoms with Crippen molar-refractivity contribution in [2.24, 2.45) is 10.2 Å². The fraction of sp³-hybridized carbons (Fsp3) is 0.125. The highest BCUT2D eigenvalue weighted by Crippen LogP contribution is 2.17.